The van der Waals surface area contributed by atoms with Crippen molar-refractivity contribution in [3.05, 3.63) is 62.6 Å². The van der Waals surface area contributed by atoms with E-state index < -0.39 is 4.92 Å². The average molecular weight is 368 g/mol. The largest absolute Gasteiger partial charge is 0.376 e. The highest BCUT2D eigenvalue weighted by molar-refractivity contribution is 7.10. The summed E-state index contributed by atoms with van der Waals surface area (Å²) in [6, 6.07) is 6.87. The van der Waals surface area contributed by atoms with Crippen LogP contribution in [0.2, 0.25) is 0 Å². The second-order valence-corrected chi connectivity index (χ2v) is 7.10. The van der Waals surface area contributed by atoms with E-state index in [4.69, 9.17) is 0 Å². The lowest BCUT2D eigenvalue weighted by atomic mass is 10.1. The summed E-state index contributed by atoms with van der Waals surface area (Å²) < 4.78 is 0. The number of carbonyl (C=O) groups is 1. The average Bonchev–Trinajstić information content (AvgIpc) is 3.13. The van der Waals surface area contributed by atoms with Crippen LogP contribution in [0.4, 0.5) is 11.4 Å². The zero-order valence-electron chi connectivity index (χ0n) is 13.8. The fourth-order valence-corrected chi connectivity index (χ4v) is 4.12. The molecule has 8 heteroatoms. The van der Waals surface area contributed by atoms with Gasteiger partial charge in [0.2, 0.25) is 5.91 Å². The summed E-state index contributed by atoms with van der Waals surface area (Å²) in [5.74, 6) is 0.0161. The van der Waals surface area contributed by atoms with Gasteiger partial charge < -0.3 is 10.2 Å². The topological polar surface area (TPSA) is 88.4 Å². The zero-order chi connectivity index (χ0) is 18.1. The number of rotatable bonds is 4. The maximum atomic E-state index is 12.6. The van der Waals surface area contributed by atoms with Crippen molar-refractivity contribution in [2.45, 2.75) is 13.0 Å². The number of nitro benzene ring substituents is 1. The van der Waals surface area contributed by atoms with Crippen molar-refractivity contribution < 1.29 is 9.72 Å². The first-order valence-electron chi connectivity index (χ1n) is 8.21. The number of non-ortho nitro benzene ring substituents is 1. The number of pyridine rings is 1. The Labute approximate surface area is 153 Å². The van der Waals surface area contributed by atoms with Gasteiger partial charge in [-0.3, -0.25) is 19.9 Å². The highest BCUT2D eigenvalue weighted by atomic mass is 32.1. The number of anilines is 1. The second-order valence-electron chi connectivity index (χ2n) is 6.10. The van der Waals surface area contributed by atoms with Gasteiger partial charge in [-0.2, -0.15) is 0 Å². The summed E-state index contributed by atoms with van der Waals surface area (Å²) in [7, 11) is 0. The molecule has 0 atom stereocenters. The number of thiophene rings is 1. The van der Waals surface area contributed by atoms with E-state index in [0.717, 1.165) is 13.0 Å². The predicted octanol–water partition coefficient (Wildman–Crippen LogP) is 3.20. The Morgan fingerprint density at radius 2 is 2.19 bits per heavy atom. The van der Waals surface area contributed by atoms with E-state index in [1.165, 1.54) is 22.7 Å². The fourth-order valence-electron chi connectivity index (χ4n) is 3.23. The first-order chi connectivity index (χ1) is 12.6. The molecular weight excluding hydrogens is 352 g/mol. The van der Waals surface area contributed by atoms with Crippen molar-refractivity contribution in [1.29, 1.82) is 0 Å². The van der Waals surface area contributed by atoms with Gasteiger partial charge in [0.1, 0.15) is 0 Å². The molecule has 7 nitrogen and oxygen atoms in total. The van der Waals surface area contributed by atoms with Gasteiger partial charge in [0.15, 0.2) is 0 Å². The molecule has 0 aliphatic carbocycles. The summed E-state index contributed by atoms with van der Waals surface area (Å²) in [6.45, 7) is 1.51. The molecular formula is C18H16N4O3S. The van der Waals surface area contributed by atoms with Gasteiger partial charge in [0, 0.05) is 47.5 Å². The lowest BCUT2D eigenvalue weighted by Crippen LogP contribution is -2.38. The molecule has 26 heavy (non-hydrogen) atoms. The van der Waals surface area contributed by atoms with Crippen molar-refractivity contribution in [2.24, 2.45) is 0 Å². The quantitative estimate of drug-likeness (QED) is 0.564. The Balaban J connectivity index is 1.51. The first-order valence-corrected chi connectivity index (χ1v) is 9.09. The number of hydrogen-bond donors (Lipinski definition) is 1. The highest BCUT2D eigenvalue weighted by Gasteiger charge is 2.21. The van der Waals surface area contributed by atoms with Crippen LogP contribution in [0.25, 0.3) is 10.8 Å². The molecule has 1 N–H and O–H groups in total. The highest BCUT2D eigenvalue weighted by Crippen LogP contribution is 2.30. The van der Waals surface area contributed by atoms with E-state index in [1.54, 1.807) is 29.7 Å². The van der Waals surface area contributed by atoms with E-state index in [2.05, 4.69) is 21.7 Å². The van der Waals surface area contributed by atoms with Gasteiger partial charge in [-0.15, -0.1) is 11.3 Å². The number of nitrogens with one attached hydrogen (secondary N) is 1. The second kappa shape index (κ2) is 6.72. The van der Waals surface area contributed by atoms with E-state index in [1.807, 2.05) is 4.90 Å². The Hall–Kier alpha value is -3.00. The molecule has 1 aliphatic rings. The number of hydrogen-bond acceptors (Lipinski definition) is 6. The Morgan fingerprint density at radius 3 is 3.04 bits per heavy atom. The predicted molar refractivity (Wildman–Crippen MR) is 100 cm³/mol. The minimum Gasteiger partial charge on any atom is -0.376 e. The molecule has 4 rings (SSSR count). The van der Waals surface area contributed by atoms with Gasteiger partial charge in [0.05, 0.1) is 16.9 Å². The van der Waals surface area contributed by atoms with E-state index in [9.17, 15) is 14.9 Å². The molecule has 1 amide bonds. The Morgan fingerprint density at radius 1 is 1.31 bits per heavy atom. The van der Waals surface area contributed by atoms with Gasteiger partial charge in [-0.25, -0.2) is 0 Å². The van der Waals surface area contributed by atoms with Crippen LogP contribution in [0.1, 0.15) is 10.4 Å². The standard InChI is InChI=1S/C18H16N4O3S/c23-18(21-7-4-17-12(11-21)5-8-26-17)10-20-15-1-2-16(22(24)25)14-9-19-6-3-13(14)15/h1-3,5-6,8-9,20H,4,7,10-11H2. The van der Waals surface area contributed by atoms with Crippen LogP contribution in [0.3, 0.4) is 0 Å². The van der Waals surface area contributed by atoms with Crippen LogP contribution in [-0.4, -0.2) is 33.8 Å². The Kier molecular flexibility index (Phi) is 4.26. The van der Waals surface area contributed by atoms with Crippen LogP contribution >= 0.6 is 11.3 Å². The van der Waals surface area contributed by atoms with E-state index in [-0.39, 0.29) is 18.1 Å². The number of carbonyl (C=O) groups excluding carboxylic acids is 1. The molecule has 0 unspecified atom stereocenters. The van der Waals surface area contributed by atoms with Crippen molar-refractivity contribution in [1.82, 2.24) is 9.88 Å². The molecule has 3 aromatic rings. The van der Waals surface area contributed by atoms with E-state index >= 15 is 0 Å². The molecule has 0 radical (unpaired) electrons. The summed E-state index contributed by atoms with van der Waals surface area (Å²) in [4.78, 5) is 30.5. The molecule has 1 aromatic carbocycles. The van der Waals surface area contributed by atoms with Gasteiger partial charge in [-0.1, -0.05) is 0 Å². The number of fused-ring (bicyclic) bond motifs is 2. The number of amides is 1. The molecule has 2 aromatic heterocycles. The van der Waals surface area contributed by atoms with Crippen LogP contribution in [0.5, 0.6) is 0 Å². The van der Waals surface area contributed by atoms with Gasteiger partial charge in [0.25, 0.3) is 5.69 Å². The maximum absolute atomic E-state index is 12.6. The lowest BCUT2D eigenvalue weighted by molar-refractivity contribution is -0.383. The minimum atomic E-state index is -0.425. The van der Waals surface area contributed by atoms with Crippen LogP contribution < -0.4 is 5.32 Å². The van der Waals surface area contributed by atoms with Crippen LogP contribution in [0.15, 0.2) is 42.0 Å². The molecule has 3 heterocycles. The fraction of sp³-hybridized carbons (Fsp3) is 0.222. The summed E-state index contributed by atoms with van der Waals surface area (Å²) in [5, 5.41) is 17.5. The normalized spacial score (nSPS) is 13.5. The summed E-state index contributed by atoms with van der Waals surface area (Å²) in [5.41, 5.74) is 1.92. The molecule has 132 valence electrons. The molecule has 0 saturated heterocycles. The van der Waals surface area contributed by atoms with Gasteiger partial charge in [-0.05, 0) is 35.6 Å². The molecule has 0 fully saturated rings. The van der Waals surface area contributed by atoms with Crippen molar-refractivity contribution in [3.63, 3.8) is 0 Å². The molecule has 0 saturated carbocycles. The van der Waals surface area contributed by atoms with Crippen LogP contribution in [-0.2, 0) is 17.8 Å². The third-order valence-electron chi connectivity index (χ3n) is 4.58. The smallest absolute Gasteiger partial charge is 0.278 e. The zero-order valence-corrected chi connectivity index (χ0v) is 14.7. The number of nitro groups is 1. The first kappa shape index (κ1) is 16.5. The summed E-state index contributed by atoms with van der Waals surface area (Å²) in [6.07, 6.45) is 3.95. The monoisotopic (exact) mass is 368 g/mol. The number of aromatic nitrogens is 1. The SMILES string of the molecule is O=C(CNc1ccc([N+](=O)[O-])c2cnccc12)N1CCc2sccc2C1. The number of benzene rings is 1. The van der Waals surface area contributed by atoms with Gasteiger partial charge >= 0.3 is 0 Å². The third kappa shape index (κ3) is 2.99. The van der Waals surface area contributed by atoms with Crippen molar-refractivity contribution in [3.8, 4) is 0 Å². The van der Waals surface area contributed by atoms with Crippen molar-refractivity contribution in [2.75, 3.05) is 18.4 Å². The van der Waals surface area contributed by atoms with Crippen LogP contribution in [0, 0.1) is 10.1 Å². The summed E-state index contributed by atoms with van der Waals surface area (Å²) >= 11 is 1.74. The molecule has 0 spiro atoms. The number of nitrogens with zero attached hydrogens (tertiary/aromatic N) is 3. The molecule has 0 bridgehead atoms. The minimum absolute atomic E-state index is 0.00555. The third-order valence-corrected chi connectivity index (χ3v) is 5.61. The molecule has 1 aliphatic heterocycles. The lowest BCUT2D eigenvalue weighted by Gasteiger charge is -2.27. The van der Waals surface area contributed by atoms with E-state index in [0.29, 0.717) is 23.0 Å². The Bertz CT molecular complexity index is 1000. The van der Waals surface area contributed by atoms with Crippen molar-refractivity contribution >= 4 is 39.4 Å². The maximum Gasteiger partial charge on any atom is 0.278 e.